The lowest BCUT2D eigenvalue weighted by atomic mass is 9.85. The molecule has 1 fully saturated rings. The summed E-state index contributed by atoms with van der Waals surface area (Å²) in [7, 11) is 0. The normalized spacial score (nSPS) is 20.7. The molecular formula is C19H30N2O2. The van der Waals surface area contributed by atoms with Crippen molar-refractivity contribution in [2.45, 2.75) is 38.5 Å². The summed E-state index contributed by atoms with van der Waals surface area (Å²) in [5, 5.41) is 15.7. The molecule has 0 spiro atoms. The second-order valence-corrected chi connectivity index (χ2v) is 6.71. The van der Waals surface area contributed by atoms with E-state index in [1.54, 1.807) is 0 Å². The van der Waals surface area contributed by atoms with Crippen LogP contribution < -0.4 is 10.6 Å². The predicted molar refractivity (Wildman–Crippen MR) is 93.3 cm³/mol. The molecule has 4 nitrogen and oxygen atoms in total. The molecule has 2 rings (SSSR count). The summed E-state index contributed by atoms with van der Waals surface area (Å²) >= 11 is 0. The molecule has 1 aliphatic heterocycles. The van der Waals surface area contributed by atoms with Crippen LogP contribution in [0.15, 0.2) is 30.3 Å². The summed E-state index contributed by atoms with van der Waals surface area (Å²) < 4.78 is 0. The Labute approximate surface area is 139 Å². The topological polar surface area (TPSA) is 61.4 Å². The minimum atomic E-state index is 0.127. The molecule has 1 heterocycles. The van der Waals surface area contributed by atoms with Crippen LogP contribution >= 0.6 is 0 Å². The van der Waals surface area contributed by atoms with Crippen molar-refractivity contribution in [2.75, 3.05) is 26.2 Å². The van der Waals surface area contributed by atoms with Crippen molar-refractivity contribution in [3.63, 3.8) is 0 Å². The van der Waals surface area contributed by atoms with Crippen molar-refractivity contribution >= 4 is 5.91 Å². The van der Waals surface area contributed by atoms with Gasteiger partial charge in [-0.15, -0.1) is 0 Å². The van der Waals surface area contributed by atoms with Crippen LogP contribution in [0.2, 0.25) is 0 Å². The van der Waals surface area contributed by atoms with Crippen LogP contribution in [0, 0.1) is 11.8 Å². The zero-order valence-electron chi connectivity index (χ0n) is 14.1. The van der Waals surface area contributed by atoms with Gasteiger partial charge >= 0.3 is 0 Å². The molecule has 1 amide bonds. The Kier molecular flexibility index (Phi) is 7.56. The summed E-state index contributed by atoms with van der Waals surface area (Å²) in [4.78, 5) is 12.2. The van der Waals surface area contributed by atoms with Crippen molar-refractivity contribution < 1.29 is 9.90 Å². The maximum Gasteiger partial charge on any atom is 0.220 e. The maximum absolute atomic E-state index is 12.2. The number of aliphatic hydroxyl groups excluding tert-OH is 1. The number of hydrogen-bond acceptors (Lipinski definition) is 3. The van der Waals surface area contributed by atoms with Crippen LogP contribution in [0.3, 0.4) is 0 Å². The number of piperidine rings is 1. The number of carbonyl (C=O) groups is 1. The SMILES string of the molecule is CC(CC(=O)NCC(CCO)c1ccccc1)C1CCCNC1. The third kappa shape index (κ3) is 5.96. The first-order chi connectivity index (χ1) is 11.2. The summed E-state index contributed by atoms with van der Waals surface area (Å²) in [5.41, 5.74) is 1.17. The van der Waals surface area contributed by atoms with Gasteiger partial charge in [-0.25, -0.2) is 0 Å². The Morgan fingerprint density at radius 3 is 2.83 bits per heavy atom. The summed E-state index contributed by atoms with van der Waals surface area (Å²) in [6.07, 6.45) is 3.70. The third-order valence-corrected chi connectivity index (χ3v) is 4.94. The highest BCUT2D eigenvalue weighted by atomic mass is 16.3. The van der Waals surface area contributed by atoms with Gasteiger partial charge in [-0.3, -0.25) is 4.79 Å². The van der Waals surface area contributed by atoms with E-state index in [2.05, 4.69) is 29.7 Å². The van der Waals surface area contributed by atoms with E-state index in [0.717, 1.165) is 13.1 Å². The van der Waals surface area contributed by atoms with E-state index < -0.39 is 0 Å². The van der Waals surface area contributed by atoms with Gasteiger partial charge in [0.05, 0.1) is 0 Å². The Hall–Kier alpha value is -1.39. The van der Waals surface area contributed by atoms with Crippen molar-refractivity contribution in [2.24, 2.45) is 11.8 Å². The molecule has 3 unspecified atom stereocenters. The van der Waals surface area contributed by atoms with Crippen LogP contribution in [0.1, 0.15) is 44.1 Å². The molecule has 1 aromatic carbocycles. The molecule has 128 valence electrons. The zero-order valence-corrected chi connectivity index (χ0v) is 14.1. The molecule has 3 atom stereocenters. The number of hydrogen-bond donors (Lipinski definition) is 3. The Morgan fingerprint density at radius 2 is 2.17 bits per heavy atom. The average Bonchev–Trinajstić information content (AvgIpc) is 2.60. The number of rotatable bonds is 8. The zero-order chi connectivity index (χ0) is 16.5. The first-order valence-electron chi connectivity index (χ1n) is 8.84. The minimum absolute atomic E-state index is 0.127. The van der Waals surface area contributed by atoms with Crippen molar-refractivity contribution in [3.8, 4) is 0 Å². The monoisotopic (exact) mass is 318 g/mol. The van der Waals surface area contributed by atoms with Gasteiger partial charge in [-0.05, 0) is 49.8 Å². The van der Waals surface area contributed by atoms with E-state index in [9.17, 15) is 9.90 Å². The number of carbonyl (C=O) groups excluding carboxylic acids is 1. The van der Waals surface area contributed by atoms with Crippen LogP contribution in [-0.4, -0.2) is 37.3 Å². The molecule has 3 N–H and O–H groups in total. The first kappa shape index (κ1) is 18.0. The van der Waals surface area contributed by atoms with Crippen LogP contribution in [0.25, 0.3) is 0 Å². The highest BCUT2D eigenvalue weighted by Gasteiger charge is 2.22. The lowest BCUT2D eigenvalue weighted by Crippen LogP contribution is -2.36. The molecule has 0 radical (unpaired) electrons. The van der Waals surface area contributed by atoms with E-state index in [4.69, 9.17) is 0 Å². The van der Waals surface area contributed by atoms with Gasteiger partial charge < -0.3 is 15.7 Å². The molecule has 23 heavy (non-hydrogen) atoms. The maximum atomic E-state index is 12.2. The van der Waals surface area contributed by atoms with Crippen LogP contribution in [0.5, 0.6) is 0 Å². The minimum Gasteiger partial charge on any atom is -0.396 e. The highest BCUT2D eigenvalue weighted by molar-refractivity contribution is 5.76. The second-order valence-electron chi connectivity index (χ2n) is 6.71. The van der Waals surface area contributed by atoms with Crippen molar-refractivity contribution in [3.05, 3.63) is 35.9 Å². The van der Waals surface area contributed by atoms with E-state index in [0.29, 0.717) is 31.2 Å². The standard InChI is InChI=1S/C19H30N2O2/c1-15(17-8-5-10-20-13-17)12-19(23)21-14-18(9-11-22)16-6-3-2-4-7-16/h2-4,6-7,15,17-18,20,22H,5,8-14H2,1H3,(H,21,23). The molecular weight excluding hydrogens is 288 g/mol. The fraction of sp³-hybridized carbons (Fsp3) is 0.632. The van der Waals surface area contributed by atoms with Gasteiger partial charge in [0, 0.05) is 25.5 Å². The number of aliphatic hydroxyl groups is 1. The molecule has 0 bridgehead atoms. The number of nitrogens with one attached hydrogen (secondary N) is 2. The Morgan fingerprint density at radius 1 is 1.39 bits per heavy atom. The van der Waals surface area contributed by atoms with Gasteiger partial charge in [0.15, 0.2) is 0 Å². The van der Waals surface area contributed by atoms with Gasteiger partial charge in [-0.2, -0.15) is 0 Å². The largest absolute Gasteiger partial charge is 0.396 e. The van der Waals surface area contributed by atoms with Gasteiger partial charge in [0.25, 0.3) is 0 Å². The van der Waals surface area contributed by atoms with Gasteiger partial charge in [0.2, 0.25) is 5.91 Å². The molecule has 0 saturated carbocycles. The fourth-order valence-electron chi connectivity index (χ4n) is 3.40. The molecule has 1 aromatic rings. The third-order valence-electron chi connectivity index (χ3n) is 4.94. The fourth-order valence-corrected chi connectivity index (χ4v) is 3.40. The lowest BCUT2D eigenvalue weighted by molar-refractivity contribution is -0.122. The van der Waals surface area contributed by atoms with Crippen molar-refractivity contribution in [1.82, 2.24) is 10.6 Å². The Balaban J connectivity index is 1.79. The predicted octanol–water partition coefficient (Wildman–Crippen LogP) is 2.29. The summed E-state index contributed by atoms with van der Waals surface area (Å²) in [5.74, 6) is 1.33. The van der Waals surface area contributed by atoms with Gasteiger partial charge in [-0.1, -0.05) is 37.3 Å². The first-order valence-corrected chi connectivity index (χ1v) is 8.84. The molecule has 0 aliphatic carbocycles. The van der Waals surface area contributed by atoms with Crippen LogP contribution in [0.4, 0.5) is 0 Å². The molecule has 1 saturated heterocycles. The number of benzene rings is 1. The molecule has 0 aromatic heterocycles. The van der Waals surface area contributed by atoms with Crippen LogP contribution in [-0.2, 0) is 4.79 Å². The van der Waals surface area contributed by atoms with E-state index >= 15 is 0 Å². The summed E-state index contributed by atoms with van der Waals surface area (Å²) in [6, 6.07) is 10.1. The van der Waals surface area contributed by atoms with E-state index in [1.165, 1.54) is 18.4 Å². The Bertz CT molecular complexity index is 458. The van der Waals surface area contributed by atoms with E-state index in [-0.39, 0.29) is 18.4 Å². The van der Waals surface area contributed by atoms with Crippen molar-refractivity contribution in [1.29, 1.82) is 0 Å². The van der Waals surface area contributed by atoms with E-state index in [1.807, 2.05) is 18.2 Å². The average molecular weight is 318 g/mol. The summed E-state index contributed by atoms with van der Waals surface area (Å²) in [6.45, 7) is 5.05. The lowest BCUT2D eigenvalue weighted by Gasteiger charge is -2.28. The quantitative estimate of drug-likeness (QED) is 0.689. The molecule has 4 heteroatoms. The second kappa shape index (κ2) is 9.68. The van der Waals surface area contributed by atoms with Gasteiger partial charge in [0.1, 0.15) is 0 Å². The molecule has 1 aliphatic rings. The smallest absolute Gasteiger partial charge is 0.220 e. The highest BCUT2D eigenvalue weighted by Crippen LogP contribution is 2.23. The number of amides is 1.